The fraction of sp³-hybridized carbons (Fsp3) is 0.800. The molecule has 0 aromatic carbocycles. The van der Waals surface area contributed by atoms with Gasteiger partial charge in [0.25, 0.3) is 0 Å². The van der Waals surface area contributed by atoms with Gasteiger partial charge < -0.3 is 9.64 Å². The van der Waals surface area contributed by atoms with Gasteiger partial charge in [0.05, 0.1) is 6.61 Å². The molecule has 0 aliphatic carbocycles. The van der Waals surface area contributed by atoms with Gasteiger partial charge in [0.2, 0.25) is 0 Å². The van der Waals surface area contributed by atoms with E-state index in [1.54, 1.807) is 6.92 Å². The number of thioether (sulfide) groups is 1. The standard InChI is InChI=1S/C10H17NO5S2/c1-3-16-10(13)9(12)11-5-6-17-7-8(11)18(14,15)4-2/h8H,3-7H2,1-2H3. The summed E-state index contributed by atoms with van der Waals surface area (Å²) in [4.78, 5) is 24.3. The molecule has 0 radical (unpaired) electrons. The second kappa shape index (κ2) is 6.42. The normalized spacial score (nSPS) is 20.6. The van der Waals surface area contributed by atoms with E-state index in [9.17, 15) is 18.0 Å². The highest BCUT2D eigenvalue weighted by Crippen LogP contribution is 2.21. The van der Waals surface area contributed by atoms with Crippen molar-refractivity contribution in [3.63, 3.8) is 0 Å². The number of esters is 1. The van der Waals surface area contributed by atoms with Gasteiger partial charge in [-0.1, -0.05) is 6.92 Å². The average molecular weight is 295 g/mol. The fourth-order valence-electron chi connectivity index (χ4n) is 1.61. The summed E-state index contributed by atoms with van der Waals surface area (Å²) in [7, 11) is -3.39. The molecule has 0 aromatic rings. The van der Waals surface area contributed by atoms with Crippen LogP contribution in [0.2, 0.25) is 0 Å². The number of nitrogens with zero attached hydrogens (tertiary/aromatic N) is 1. The molecule has 1 saturated heterocycles. The van der Waals surface area contributed by atoms with Crippen LogP contribution in [0.3, 0.4) is 0 Å². The zero-order valence-electron chi connectivity index (χ0n) is 10.4. The van der Waals surface area contributed by atoms with Crippen LogP contribution < -0.4 is 0 Å². The number of sulfone groups is 1. The van der Waals surface area contributed by atoms with Crippen molar-refractivity contribution in [3.05, 3.63) is 0 Å². The molecule has 1 fully saturated rings. The van der Waals surface area contributed by atoms with E-state index in [0.29, 0.717) is 11.5 Å². The largest absolute Gasteiger partial charge is 0.459 e. The van der Waals surface area contributed by atoms with E-state index in [4.69, 9.17) is 0 Å². The minimum atomic E-state index is -3.39. The van der Waals surface area contributed by atoms with Crippen LogP contribution in [-0.4, -0.2) is 61.0 Å². The zero-order chi connectivity index (χ0) is 13.8. The highest BCUT2D eigenvalue weighted by molar-refractivity contribution is 8.01. The van der Waals surface area contributed by atoms with Gasteiger partial charge in [0, 0.05) is 23.8 Å². The van der Waals surface area contributed by atoms with Gasteiger partial charge in [-0.05, 0) is 6.92 Å². The van der Waals surface area contributed by atoms with Crippen LogP contribution in [0.1, 0.15) is 13.8 Å². The molecule has 1 heterocycles. The lowest BCUT2D eigenvalue weighted by atomic mass is 10.4. The zero-order valence-corrected chi connectivity index (χ0v) is 12.1. The van der Waals surface area contributed by atoms with Crippen molar-refractivity contribution in [1.29, 1.82) is 0 Å². The molecule has 18 heavy (non-hydrogen) atoms. The van der Waals surface area contributed by atoms with Gasteiger partial charge in [-0.3, -0.25) is 4.79 Å². The number of rotatable bonds is 3. The van der Waals surface area contributed by atoms with Crippen molar-refractivity contribution in [2.24, 2.45) is 0 Å². The summed E-state index contributed by atoms with van der Waals surface area (Å²) in [5, 5.41) is -0.918. The topological polar surface area (TPSA) is 80.8 Å². The van der Waals surface area contributed by atoms with Crippen molar-refractivity contribution in [1.82, 2.24) is 4.90 Å². The van der Waals surface area contributed by atoms with Gasteiger partial charge >= 0.3 is 11.9 Å². The fourth-order valence-corrected chi connectivity index (χ4v) is 4.58. The Balaban J connectivity index is 2.90. The summed E-state index contributed by atoms with van der Waals surface area (Å²) in [6.45, 7) is 3.48. The third kappa shape index (κ3) is 3.38. The second-order valence-electron chi connectivity index (χ2n) is 3.70. The smallest absolute Gasteiger partial charge is 0.397 e. The molecule has 8 heteroatoms. The first-order valence-corrected chi connectivity index (χ1v) is 8.58. The van der Waals surface area contributed by atoms with Crippen molar-refractivity contribution >= 4 is 33.5 Å². The van der Waals surface area contributed by atoms with Gasteiger partial charge in [0.1, 0.15) is 5.37 Å². The minimum absolute atomic E-state index is 0.0508. The average Bonchev–Trinajstić information content (AvgIpc) is 2.38. The molecular formula is C10H17NO5S2. The van der Waals surface area contributed by atoms with Gasteiger partial charge in [-0.25, -0.2) is 13.2 Å². The van der Waals surface area contributed by atoms with Crippen molar-refractivity contribution in [2.45, 2.75) is 19.2 Å². The molecule has 1 unspecified atom stereocenters. The molecule has 1 rings (SSSR count). The van der Waals surface area contributed by atoms with Crippen LogP contribution in [-0.2, 0) is 24.2 Å². The molecule has 0 bridgehead atoms. The first kappa shape index (κ1) is 15.3. The van der Waals surface area contributed by atoms with Crippen LogP contribution >= 0.6 is 11.8 Å². The van der Waals surface area contributed by atoms with Gasteiger partial charge in [0.15, 0.2) is 9.84 Å². The number of carbonyl (C=O) groups is 2. The summed E-state index contributed by atoms with van der Waals surface area (Å²) in [5.74, 6) is -0.965. The van der Waals surface area contributed by atoms with Crippen molar-refractivity contribution < 1.29 is 22.7 Å². The van der Waals surface area contributed by atoms with Crippen LogP contribution in [0.25, 0.3) is 0 Å². The molecule has 0 spiro atoms. The molecule has 0 N–H and O–H groups in total. The van der Waals surface area contributed by atoms with Crippen molar-refractivity contribution in [3.8, 4) is 0 Å². The highest BCUT2D eigenvalue weighted by Gasteiger charge is 2.38. The maximum absolute atomic E-state index is 11.9. The Hall–Kier alpha value is -0.760. The van der Waals surface area contributed by atoms with E-state index < -0.39 is 27.1 Å². The Morgan fingerprint density at radius 3 is 2.61 bits per heavy atom. The van der Waals surface area contributed by atoms with Crippen LogP contribution in [0, 0.1) is 0 Å². The van der Waals surface area contributed by atoms with Crippen molar-refractivity contribution in [2.75, 3.05) is 30.4 Å². The number of hydrogen-bond acceptors (Lipinski definition) is 6. The van der Waals surface area contributed by atoms with E-state index in [1.807, 2.05) is 0 Å². The summed E-state index contributed by atoms with van der Waals surface area (Å²) < 4.78 is 28.4. The summed E-state index contributed by atoms with van der Waals surface area (Å²) in [6, 6.07) is 0. The maximum Gasteiger partial charge on any atom is 0.397 e. The molecule has 1 amide bonds. The molecule has 1 aliphatic heterocycles. The van der Waals surface area contributed by atoms with E-state index in [0.717, 1.165) is 4.90 Å². The van der Waals surface area contributed by atoms with Gasteiger partial charge in [-0.2, -0.15) is 11.8 Å². The quantitative estimate of drug-likeness (QED) is 0.533. The van der Waals surface area contributed by atoms with E-state index in [1.165, 1.54) is 18.7 Å². The third-order valence-electron chi connectivity index (χ3n) is 2.61. The molecule has 104 valence electrons. The van der Waals surface area contributed by atoms with Crippen LogP contribution in [0.4, 0.5) is 0 Å². The van der Waals surface area contributed by atoms with E-state index >= 15 is 0 Å². The van der Waals surface area contributed by atoms with Crippen LogP contribution in [0.15, 0.2) is 0 Å². The monoisotopic (exact) mass is 295 g/mol. The number of ether oxygens (including phenoxy) is 1. The Morgan fingerprint density at radius 1 is 1.39 bits per heavy atom. The predicted octanol–water partition coefficient (Wildman–Crippen LogP) is -0.114. The molecule has 6 nitrogen and oxygen atoms in total. The Labute approximate surface area is 111 Å². The lowest BCUT2D eigenvalue weighted by molar-refractivity contribution is -0.160. The van der Waals surface area contributed by atoms with Crippen LogP contribution in [0.5, 0.6) is 0 Å². The molecular weight excluding hydrogens is 278 g/mol. The molecule has 1 atom stereocenters. The second-order valence-corrected chi connectivity index (χ2v) is 7.30. The minimum Gasteiger partial charge on any atom is -0.459 e. The number of hydrogen-bond donors (Lipinski definition) is 0. The lowest BCUT2D eigenvalue weighted by Crippen LogP contribution is -2.53. The first-order chi connectivity index (χ1) is 8.44. The number of carbonyl (C=O) groups excluding carboxylic acids is 2. The molecule has 0 aromatic heterocycles. The SMILES string of the molecule is CCOC(=O)C(=O)N1CCSCC1S(=O)(=O)CC. The summed E-state index contributed by atoms with van der Waals surface area (Å²) in [5.41, 5.74) is 0. The predicted molar refractivity (Wildman–Crippen MR) is 68.9 cm³/mol. The summed E-state index contributed by atoms with van der Waals surface area (Å²) >= 11 is 1.47. The highest BCUT2D eigenvalue weighted by atomic mass is 32.2. The summed E-state index contributed by atoms with van der Waals surface area (Å²) in [6.07, 6.45) is 0. The number of amides is 1. The molecule has 0 saturated carbocycles. The van der Waals surface area contributed by atoms with Gasteiger partial charge in [-0.15, -0.1) is 0 Å². The maximum atomic E-state index is 11.9. The van der Waals surface area contributed by atoms with E-state index in [-0.39, 0.29) is 18.9 Å². The Kier molecular flexibility index (Phi) is 5.46. The Bertz CT molecular complexity index is 420. The lowest BCUT2D eigenvalue weighted by Gasteiger charge is -2.33. The molecule has 1 aliphatic rings. The first-order valence-electron chi connectivity index (χ1n) is 5.71. The Morgan fingerprint density at radius 2 is 2.06 bits per heavy atom. The van der Waals surface area contributed by atoms with E-state index in [2.05, 4.69) is 4.74 Å². The third-order valence-corrected chi connectivity index (χ3v) is 5.90.